The Kier molecular flexibility index (Phi) is 8.69. The zero-order valence-corrected chi connectivity index (χ0v) is 16.4. The van der Waals surface area contributed by atoms with Gasteiger partial charge in [0, 0.05) is 30.8 Å². The summed E-state index contributed by atoms with van der Waals surface area (Å²) in [7, 11) is 3.42. The number of aliphatic imine (C=N–C) groups is 1. The smallest absolute Gasteiger partial charge is 0.191 e. The van der Waals surface area contributed by atoms with Gasteiger partial charge in [0.2, 0.25) is 0 Å². The molecule has 0 spiro atoms. The van der Waals surface area contributed by atoms with Gasteiger partial charge < -0.3 is 20.1 Å². The monoisotopic (exact) mass is 373 g/mol. The number of ether oxygens (including phenoxy) is 2. The second-order valence-corrected chi connectivity index (χ2v) is 6.60. The summed E-state index contributed by atoms with van der Waals surface area (Å²) in [6, 6.07) is 16.3. The molecule has 0 unspecified atom stereocenters. The van der Waals surface area contributed by atoms with E-state index in [-0.39, 0.29) is 0 Å². The van der Waals surface area contributed by atoms with Crippen molar-refractivity contribution in [2.45, 2.75) is 18.4 Å². The second-order valence-electron chi connectivity index (χ2n) is 5.43. The largest absolute Gasteiger partial charge is 0.493 e. The van der Waals surface area contributed by atoms with E-state index in [0.29, 0.717) is 13.2 Å². The Morgan fingerprint density at radius 3 is 2.58 bits per heavy atom. The number of benzene rings is 2. The molecule has 0 aliphatic carbocycles. The van der Waals surface area contributed by atoms with Crippen molar-refractivity contribution in [1.82, 2.24) is 10.6 Å². The highest BCUT2D eigenvalue weighted by atomic mass is 32.2. The van der Waals surface area contributed by atoms with Crippen molar-refractivity contribution >= 4 is 17.7 Å². The fourth-order valence-corrected chi connectivity index (χ4v) is 3.15. The van der Waals surface area contributed by atoms with E-state index >= 15 is 0 Å². The van der Waals surface area contributed by atoms with Crippen molar-refractivity contribution in [3.05, 3.63) is 54.1 Å². The summed E-state index contributed by atoms with van der Waals surface area (Å²) in [6.45, 7) is 4.07. The summed E-state index contributed by atoms with van der Waals surface area (Å²) in [5.74, 6) is 3.27. The molecule has 0 aromatic heterocycles. The van der Waals surface area contributed by atoms with Crippen molar-refractivity contribution in [3.8, 4) is 11.5 Å². The molecule has 140 valence electrons. The van der Waals surface area contributed by atoms with E-state index in [9.17, 15) is 0 Å². The van der Waals surface area contributed by atoms with Crippen LogP contribution in [0.1, 0.15) is 12.5 Å². The van der Waals surface area contributed by atoms with Crippen LogP contribution in [0.4, 0.5) is 0 Å². The number of thioether (sulfide) groups is 1. The fraction of sp³-hybridized carbons (Fsp3) is 0.350. The lowest BCUT2D eigenvalue weighted by molar-refractivity contribution is 0.310. The first kappa shape index (κ1) is 20.0. The lowest BCUT2D eigenvalue weighted by atomic mass is 10.2. The van der Waals surface area contributed by atoms with Gasteiger partial charge in [-0.05, 0) is 36.8 Å². The minimum atomic E-state index is 0.607. The number of hydrogen-bond donors (Lipinski definition) is 2. The fourth-order valence-electron chi connectivity index (χ4n) is 2.36. The summed E-state index contributed by atoms with van der Waals surface area (Å²) in [5, 5.41) is 6.66. The highest BCUT2D eigenvalue weighted by molar-refractivity contribution is 7.99. The predicted molar refractivity (Wildman–Crippen MR) is 110 cm³/mol. The van der Waals surface area contributed by atoms with Crippen LogP contribution in [0, 0.1) is 0 Å². The van der Waals surface area contributed by atoms with Gasteiger partial charge in [0.15, 0.2) is 17.5 Å². The molecular weight excluding hydrogens is 346 g/mol. The molecule has 2 aromatic rings. The van der Waals surface area contributed by atoms with Crippen LogP contribution in [0.3, 0.4) is 0 Å². The first-order chi connectivity index (χ1) is 12.8. The molecule has 0 fully saturated rings. The number of hydrogen-bond acceptors (Lipinski definition) is 4. The van der Waals surface area contributed by atoms with E-state index in [0.717, 1.165) is 35.3 Å². The van der Waals surface area contributed by atoms with Crippen molar-refractivity contribution < 1.29 is 9.47 Å². The summed E-state index contributed by atoms with van der Waals surface area (Å²) in [5.41, 5.74) is 1.11. The van der Waals surface area contributed by atoms with E-state index < -0.39 is 0 Å². The Labute approximate surface area is 160 Å². The quantitative estimate of drug-likeness (QED) is 0.305. The van der Waals surface area contributed by atoms with Crippen LogP contribution in [0.25, 0.3) is 0 Å². The Morgan fingerprint density at radius 1 is 1.08 bits per heavy atom. The molecule has 6 heteroatoms. The maximum absolute atomic E-state index is 5.62. The standard InChI is InChI=1S/C20H27N3O2S/c1-4-25-19-14-16(10-11-18(19)24-3)15-23-20(21-2)22-12-13-26-17-8-6-5-7-9-17/h5-11,14H,4,12-13,15H2,1-3H3,(H2,21,22,23). The van der Waals surface area contributed by atoms with Gasteiger partial charge in [-0.25, -0.2) is 0 Å². The number of nitrogens with one attached hydrogen (secondary N) is 2. The molecule has 0 aliphatic heterocycles. The van der Waals surface area contributed by atoms with Gasteiger partial charge in [-0.15, -0.1) is 11.8 Å². The molecule has 0 aliphatic rings. The molecule has 2 aromatic carbocycles. The van der Waals surface area contributed by atoms with Gasteiger partial charge in [0.25, 0.3) is 0 Å². The number of nitrogens with zero attached hydrogens (tertiary/aromatic N) is 1. The maximum atomic E-state index is 5.62. The van der Waals surface area contributed by atoms with Crippen LogP contribution < -0.4 is 20.1 Å². The van der Waals surface area contributed by atoms with Crippen LogP contribution in [-0.2, 0) is 6.54 Å². The molecule has 0 atom stereocenters. The van der Waals surface area contributed by atoms with Crippen molar-refractivity contribution in [3.63, 3.8) is 0 Å². The lowest BCUT2D eigenvalue weighted by Gasteiger charge is -2.14. The summed E-state index contributed by atoms with van der Waals surface area (Å²) in [6.07, 6.45) is 0. The molecule has 26 heavy (non-hydrogen) atoms. The Hall–Kier alpha value is -2.34. The van der Waals surface area contributed by atoms with Gasteiger partial charge in [-0.3, -0.25) is 4.99 Å². The van der Waals surface area contributed by atoms with Gasteiger partial charge in [-0.1, -0.05) is 24.3 Å². The first-order valence-corrected chi connectivity index (χ1v) is 9.67. The van der Waals surface area contributed by atoms with Gasteiger partial charge in [0.05, 0.1) is 13.7 Å². The summed E-state index contributed by atoms with van der Waals surface area (Å²) in [4.78, 5) is 5.55. The second kappa shape index (κ2) is 11.3. The highest BCUT2D eigenvalue weighted by Gasteiger charge is 2.06. The maximum Gasteiger partial charge on any atom is 0.191 e. The van der Waals surface area contributed by atoms with Crippen LogP contribution in [0.15, 0.2) is 58.4 Å². The molecule has 0 saturated heterocycles. The normalized spacial score (nSPS) is 11.1. The summed E-state index contributed by atoms with van der Waals surface area (Å²) < 4.78 is 10.9. The van der Waals surface area contributed by atoms with Crippen molar-refractivity contribution in [2.75, 3.05) is 33.1 Å². The van der Waals surface area contributed by atoms with E-state index in [1.165, 1.54) is 4.90 Å². The van der Waals surface area contributed by atoms with Crippen LogP contribution >= 0.6 is 11.8 Å². The minimum absolute atomic E-state index is 0.607. The molecule has 2 rings (SSSR count). The molecule has 0 heterocycles. The zero-order chi connectivity index (χ0) is 18.6. The average Bonchev–Trinajstić information content (AvgIpc) is 2.68. The third kappa shape index (κ3) is 6.52. The minimum Gasteiger partial charge on any atom is -0.493 e. The van der Waals surface area contributed by atoms with Crippen LogP contribution in [0.5, 0.6) is 11.5 Å². The third-order valence-electron chi connectivity index (χ3n) is 3.62. The van der Waals surface area contributed by atoms with Crippen LogP contribution in [-0.4, -0.2) is 39.0 Å². The first-order valence-electron chi connectivity index (χ1n) is 8.69. The molecule has 0 amide bonds. The Morgan fingerprint density at radius 2 is 1.88 bits per heavy atom. The van der Waals surface area contributed by atoms with E-state index in [1.807, 2.05) is 43.0 Å². The topological polar surface area (TPSA) is 54.9 Å². The van der Waals surface area contributed by atoms with Gasteiger partial charge in [0.1, 0.15) is 0 Å². The van der Waals surface area contributed by atoms with E-state index in [1.54, 1.807) is 14.2 Å². The van der Waals surface area contributed by atoms with Crippen molar-refractivity contribution in [2.24, 2.45) is 4.99 Å². The number of rotatable bonds is 9. The molecular formula is C20H27N3O2S. The van der Waals surface area contributed by atoms with E-state index in [2.05, 4.69) is 39.9 Å². The average molecular weight is 374 g/mol. The molecule has 0 radical (unpaired) electrons. The lowest BCUT2D eigenvalue weighted by Crippen LogP contribution is -2.37. The zero-order valence-electron chi connectivity index (χ0n) is 15.6. The molecule has 5 nitrogen and oxygen atoms in total. The van der Waals surface area contributed by atoms with Gasteiger partial charge in [-0.2, -0.15) is 0 Å². The van der Waals surface area contributed by atoms with E-state index in [4.69, 9.17) is 9.47 Å². The Balaban J connectivity index is 1.78. The number of guanidine groups is 1. The highest BCUT2D eigenvalue weighted by Crippen LogP contribution is 2.27. The molecule has 2 N–H and O–H groups in total. The number of methoxy groups -OCH3 is 1. The third-order valence-corrected chi connectivity index (χ3v) is 4.63. The SMILES string of the molecule is CCOc1cc(CNC(=NC)NCCSc2ccccc2)ccc1OC. The van der Waals surface area contributed by atoms with Crippen molar-refractivity contribution in [1.29, 1.82) is 0 Å². The summed E-state index contributed by atoms with van der Waals surface area (Å²) >= 11 is 1.82. The predicted octanol–water partition coefficient (Wildman–Crippen LogP) is 3.55. The van der Waals surface area contributed by atoms with Crippen LogP contribution in [0.2, 0.25) is 0 Å². The molecule has 0 bridgehead atoms. The molecule has 0 saturated carbocycles. The Bertz CT molecular complexity index is 693. The van der Waals surface area contributed by atoms with Gasteiger partial charge >= 0.3 is 0 Å².